The van der Waals surface area contributed by atoms with Gasteiger partial charge < -0.3 is 24.4 Å². The highest BCUT2D eigenvalue weighted by molar-refractivity contribution is 5.68. The van der Waals surface area contributed by atoms with E-state index in [-0.39, 0.29) is 24.4 Å². The Morgan fingerprint density at radius 1 is 1.16 bits per heavy atom. The molecule has 0 radical (unpaired) electrons. The average molecular weight is 439 g/mol. The Morgan fingerprint density at radius 2 is 1.97 bits per heavy atom. The van der Waals surface area contributed by atoms with Gasteiger partial charge in [-0.1, -0.05) is 24.3 Å². The summed E-state index contributed by atoms with van der Waals surface area (Å²) in [7, 11) is 0. The molecule has 2 unspecified atom stereocenters. The first-order valence-corrected chi connectivity index (χ1v) is 11.5. The zero-order chi connectivity index (χ0) is 22.3. The van der Waals surface area contributed by atoms with E-state index in [1.807, 2.05) is 31.2 Å². The van der Waals surface area contributed by atoms with Crippen LogP contribution in [0.25, 0.3) is 0 Å². The summed E-state index contributed by atoms with van der Waals surface area (Å²) >= 11 is 0. The molecule has 1 saturated heterocycles. The van der Waals surface area contributed by atoms with Crippen molar-refractivity contribution in [2.45, 2.75) is 56.7 Å². The van der Waals surface area contributed by atoms with Crippen LogP contribution in [0.3, 0.4) is 0 Å². The average Bonchev–Trinajstić information content (AvgIpc) is 3.38. The Kier molecular flexibility index (Phi) is 5.59. The molecule has 32 heavy (non-hydrogen) atoms. The fourth-order valence-corrected chi connectivity index (χ4v) is 5.57. The van der Waals surface area contributed by atoms with Crippen LogP contribution in [-0.2, 0) is 21.6 Å². The van der Waals surface area contributed by atoms with E-state index in [4.69, 9.17) is 19.3 Å². The van der Waals surface area contributed by atoms with Gasteiger partial charge in [0.1, 0.15) is 17.6 Å². The molecule has 0 spiro atoms. The van der Waals surface area contributed by atoms with Crippen LogP contribution < -0.4 is 9.47 Å². The molecule has 0 bridgehead atoms. The molecule has 2 aliphatic heterocycles. The number of aliphatic carboxylic acids is 1. The number of fused-ring (bicyclic) bond motifs is 2. The molecule has 0 saturated carbocycles. The lowest BCUT2D eigenvalue weighted by Gasteiger charge is -2.37. The zero-order valence-corrected chi connectivity index (χ0v) is 18.4. The van der Waals surface area contributed by atoms with Crippen LogP contribution in [-0.4, -0.2) is 36.0 Å². The largest absolute Gasteiger partial charge is 0.492 e. The summed E-state index contributed by atoms with van der Waals surface area (Å²) < 4.78 is 17.6. The van der Waals surface area contributed by atoms with Gasteiger partial charge in [-0.25, -0.2) is 0 Å². The summed E-state index contributed by atoms with van der Waals surface area (Å²) in [6.45, 7) is 3.74. The molecule has 3 atom stereocenters. The monoisotopic (exact) mass is 438 g/mol. The maximum absolute atomic E-state index is 11.5. The first-order chi connectivity index (χ1) is 15.4. The van der Waals surface area contributed by atoms with Gasteiger partial charge in [0.05, 0.1) is 18.6 Å². The van der Waals surface area contributed by atoms with Crippen LogP contribution in [0.2, 0.25) is 0 Å². The normalized spacial score (nSPS) is 24.3. The Balaban J connectivity index is 1.36. The van der Waals surface area contributed by atoms with Crippen molar-refractivity contribution in [3.05, 3.63) is 58.7 Å². The molecule has 0 amide bonds. The van der Waals surface area contributed by atoms with Crippen molar-refractivity contribution in [2.75, 3.05) is 19.8 Å². The highest BCUT2D eigenvalue weighted by Gasteiger charge is 2.39. The first-order valence-electron chi connectivity index (χ1n) is 11.5. The molecule has 2 N–H and O–H groups in total. The van der Waals surface area contributed by atoms with Gasteiger partial charge in [-0.15, -0.1) is 0 Å². The van der Waals surface area contributed by atoms with Gasteiger partial charge in [0.2, 0.25) is 0 Å². The number of hydrogen-bond acceptors (Lipinski definition) is 5. The molecule has 3 aliphatic rings. The second-order valence-electron chi connectivity index (χ2n) is 9.36. The summed E-state index contributed by atoms with van der Waals surface area (Å²) in [5, 5.41) is 20.6. The van der Waals surface area contributed by atoms with E-state index >= 15 is 0 Å². The van der Waals surface area contributed by atoms with Gasteiger partial charge >= 0.3 is 5.97 Å². The molecular formula is C26H30O6. The number of rotatable bonds is 6. The van der Waals surface area contributed by atoms with Crippen molar-refractivity contribution in [3.8, 4) is 11.5 Å². The van der Waals surface area contributed by atoms with Gasteiger partial charge in [0, 0.05) is 30.8 Å². The maximum Gasteiger partial charge on any atom is 0.304 e. The maximum atomic E-state index is 11.5. The Hall–Kier alpha value is -2.57. The van der Waals surface area contributed by atoms with E-state index in [1.165, 1.54) is 5.56 Å². The number of carboxylic acid groups (broad SMARTS) is 1. The second-order valence-corrected chi connectivity index (χ2v) is 9.36. The predicted octanol–water partition coefficient (Wildman–Crippen LogP) is 4.34. The van der Waals surface area contributed by atoms with Gasteiger partial charge in [0.25, 0.3) is 0 Å². The fourth-order valence-electron chi connectivity index (χ4n) is 5.57. The van der Waals surface area contributed by atoms with Crippen molar-refractivity contribution in [2.24, 2.45) is 5.92 Å². The molecule has 2 heterocycles. The third-order valence-corrected chi connectivity index (χ3v) is 7.34. The van der Waals surface area contributed by atoms with Gasteiger partial charge in [-0.3, -0.25) is 4.79 Å². The topological polar surface area (TPSA) is 85.2 Å². The molecule has 6 heteroatoms. The van der Waals surface area contributed by atoms with E-state index in [2.05, 4.69) is 12.1 Å². The fraction of sp³-hybridized carbons (Fsp3) is 0.500. The van der Waals surface area contributed by atoms with Crippen LogP contribution in [0.4, 0.5) is 0 Å². The van der Waals surface area contributed by atoms with Crippen molar-refractivity contribution < 1.29 is 29.2 Å². The van der Waals surface area contributed by atoms with E-state index < -0.39 is 11.6 Å². The van der Waals surface area contributed by atoms with E-state index in [0.29, 0.717) is 25.6 Å². The lowest BCUT2D eigenvalue weighted by molar-refractivity contribution is -0.137. The van der Waals surface area contributed by atoms with Crippen molar-refractivity contribution in [1.29, 1.82) is 0 Å². The molecule has 0 aromatic heterocycles. The molecule has 6 nitrogen and oxygen atoms in total. The lowest BCUT2D eigenvalue weighted by Crippen LogP contribution is -2.36. The number of carbonyl (C=O) groups is 1. The quantitative estimate of drug-likeness (QED) is 0.698. The van der Waals surface area contributed by atoms with Gasteiger partial charge in [-0.2, -0.15) is 0 Å². The smallest absolute Gasteiger partial charge is 0.304 e. The summed E-state index contributed by atoms with van der Waals surface area (Å²) in [5.41, 5.74) is 3.40. The number of aliphatic hydroxyl groups is 1. The minimum absolute atomic E-state index is 0.0685. The Labute approximate surface area is 188 Å². The molecule has 1 aliphatic carbocycles. The SMILES string of the molecule is CC(O)(c1cccc2c1CC[C@H]2Oc1ccc2c(c1)OCC2CC(=O)O)C1CCOCC1. The van der Waals surface area contributed by atoms with E-state index in [9.17, 15) is 9.90 Å². The highest BCUT2D eigenvalue weighted by Crippen LogP contribution is 2.45. The second kappa shape index (κ2) is 8.41. The molecule has 1 fully saturated rings. The van der Waals surface area contributed by atoms with Crippen molar-refractivity contribution >= 4 is 5.97 Å². The van der Waals surface area contributed by atoms with Gasteiger partial charge in [-0.05, 0) is 61.3 Å². The molecule has 5 rings (SSSR count). The summed E-state index contributed by atoms with van der Waals surface area (Å²) in [6.07, 6.45) is 3.46. The molecular weight excluding hydrogens is 408 g/mol. The predicted molar refractivity (Wildman–Crippen MR) is 118 cm³/mol. The van der Waals surface area contributed by atoms with Crippen LogP contribution in [0.15, 0.2) is 36.4 Å². The van der Waals surface area contributed by atoms with Crippen molar-refractivity contribution in [3.63, 3.8) is 0 Å². The highest BCUT2D eigenvalue weighted by atomic mass is 16.5. The minimum atomic E-state index is -0.884. The standard InChI is InChI=1S/C26H30O6/c1-26(29,17-9-11-30-12-10-17)22-4-2-3-21-20(22)7-8-23(21)32-18-5-6-19-16(13-25(27)28)15-31-24(19)14-18/h2-6,14,16-17,23,29H,7-13,15H2,1H3,(H,27,28)/t16?,23-,26?/m1/s1. The van der Waals surface area contributed by atoms with Crippen LogP contribution in [0.1, 0.15) is 66.9 Å². The number of benzene rings is 2. The number of carboxylic acids is 1. The summed E-state index contributed by atoms with van der Waals surface area (Å²) in [6, 6.07) is 11.9. The summed E-state index contributed by atoms with van der Waals surface area (Å²) in [4.78, 5) is 11.1. The first kappa shape index (κ1) is 21.3. The third kappa shape index (κ3) is 3.86. The van der Waals surface area contributed by atoms with Gasteiger partial charge in [0.15, 0.2) is 0 Å². The van der Waals surface area contributed by atoms with Crippen LogP contribution >= 0.6 is 0 Å². The molecule has 170 valence electrons. The van der Waals surface area contributed by atoms with E-state index in [1.54, 1.807) is 0 Å². The zero-order valence-electron chi connectivity index (χ0n) is 18.4. The number of ether oxygens (including phenoxy) is 3. The van der Waals surface area contributed by atoms with Crippen LogP contribution in [0.5, 0.6) is 11.5 Å². The lowest BCUT2D eigenvalue weighted by atomic mass is 9.76. The molecule has 2 aromatic rings. The van der Waals surface area contributed by atoms with E-state index in [0.717, 1.165) is 48.1 Å². The van der Waals surface area contributed by atoms with Crippen LogP contribution in [0, 0.1) is 5.92 Å². The Bertz CT molecular complexity index is 1010. The number of hydrogen-bond donors (Lipinski definition) is 2. The summed E-state index contributed by atoms with van der Waals surface area (Å²) in [5.74, 6) is 0.693. The molecule has 2 aromatic carbocycles. The van der Waals surface area contributed by atoms with Crippen molar-refractivity contribution in [1.82, 2.24) is 0 Å². The third-order valence-electron chi connectivity index (χ3n) is 7.34. The Morgan fingerprint density at radius 3 is 2.75 bits per heavy atom. The minimum Gasteiger partial charge on any atom is -0.492 e.